The number of hydrogen-bond donors (Lipinski definition) is 1. The number of para-hydroxylation sites is 1. The molecule has 156 valence electrons. The number of nitrogens with zero attached hydrogens (tertiary/aromatic N) is 1. The third-order valence-corrected chi connectivity index (χ3v) is 5.65. The lowest BCUT2D eigenvalue weighted by Crippen LogP contribution is -2.29. The number of halogens is 3. The lowest BCUT2D eigenvalue weighted by atomic mass is 9.98. The molecule has 29 heavy (non-hydrogen) atoms. The second-order valence-electron chi connectivity index (χ2n) is 6.58. The van der Waals surface area contributed by atoms with Crippen LogP contribution in [0.3, 0.4) is 0 Å². The molecule has 1 aliphatic heterocycles. The second kappa shape index (κ2) is 8.08. The van der Waals surface area contributed by atoms with Gasteiger partial charge in [-0.25, -0.2) is 13.6 Å². The first-order chi connectivity index (χ1) is 13.6. The molecule has 2 aromatic carbocycles. The van der Waals surface area contributed by atoms with Crippen molar-refractivity contribution in [3.8, 4) is 5.75 Å². The van der Waals surface area contributed by atoms with Crippen molar-refractivity contribution in [3.63, 3.8) is 0 Å². The van der Waals surface area contributed by atoms with Crippen molar-refractivity contribution in [3.05, 3.63) is 59.7 Å². The fourth-order valence-electron chi connectivity index (χ4n) is 3.35. The van der Waals surface area contributed by atoms with Crippen LogP contribution >= 0.6 is 0 Å². The van der Waals surface area contributed by atoms with E-state index in [0.717, 1.165) is 29.0 Å². The molecule has 9 heteroatoms. The van der Waals surface area contributed by atoms with Crippen LogP contribution in [-0.2, 0) is 16.2 Å². The first-order valence-corrected chi connectivity index (χ1v) is 10.6. The Kier molecular flexibility index (Phi) is 5.90. The van der Waals surface area contributed by atoms with Gasteiger partial charge in [-0.15, -0.1) is 0 Å². The molecule has 0 aromatic heterocycles. The van der Waals surface area contributed by atoms with Crippen LogP contribution < -0.4 is 14.8 Å². The van der Waals surface area contributed by atoms with Crippen LogP contribution in [-0.4, -0.2) is 28.1 Å². The zero-order valence-electron chi connectivity index (χ0n) is 15.7. The maximum Gasteiger partial charge on any atom is 0.417 e. The van der Waals surface area contributed by atoms with E-state index in [9.17, 15) is 21.6 Å². The number of ether oxygens (including phenoxy) is 1. The summed E-state index contributed by atoms with van der Waals surface area (Å²) in [5.74, 6) is 0.770. The van der Waals surface area contributed by atoms with Crippen molar-refractivity contribution in [1.29, 1.82) is 0 Å². The van der Waals surface area contributed by atoms with Gasteiger partial charge in [0, 0.05) is 24.3 Å². The molecular formula is C20H21F3N2O3S. The number of rotatable bonds is 5. The molecule has 0 fully saturated rings. The van der Waals surface area contributed by atoms with E-state index >= 15 is 0 Å². The Morgan fingerprint density at radius 2 is 1.90 bits per heavy atom. The van der Waals surface area contributed by atoms with Gasteiger partial charge in [-0.2, -0.15) is 13.2 Å². The normalized spacial score (nSPS) is 15.2. The highest BCUT2D eigenvalue weighted by molar-refractivity contribution is 7.89. The highest BCUT2D eigenvalue weighted by Crippen LogP contribution is 2.37. The molecule has 0 atom stereocenters. The summed E-state index contributed by atoms with van der Waals surface area (Å²) in [6.45, 7) is 3.31. The molecule has 3 rings (SSSR count). The lowest BCUT2D eigenvalue weighted by Gasteiger charge is -2.30. The minimum absolute atomic E-state index is 0.290. The molecule has 0 saturated heterocycles. The molecule has 2 aromatic rings. The number of anilines is 1. The second-order valence-corrected chi connectivity index (χ2v) is 8.11. The van der Waals surface area contributed by atoms with Gasteiger partial charge in [-0.3, -0.25) is 0 Å². The van der Waals surface area contributed by atoms with E-state index in [1.807, 2.05) is 37.3 Å². The molecule has 1 aliphatic rings. The van der Waals surface area contributed by atoms with Crippen LogP contribution in [0.5, 0.6) is 5.75 Å². The SMILES string of the molecule is CCOc1ccccc1C1=CCN(c2ccc(S(N)(=O)=O)c(C(F)(F)F)c2)CC1. The van der Waals surface area contributed by atoms with E-state index in [-0.39, 0.29) is 5.69 Å². The Morgan fingerprint density at radius 3 is 2.48 bits per heavy atom. The zero-order valence-corrected chi connectivity index (χ0v) is 16.6. The maximum atomic E-state index is 13.4. The number of benzene rings is 2. The maximum absolute atomic E-state index is 13.4. The minimum Gasteiger partial charge on any atom is -0.493 e. The third-order valence-electron chi connectivity index (χ3n) is 4.68. The first kappa shape index (κ1) is 21.2. The summed E-state index contributed by atoms with van der Waals surface area (Å²) in [6, 6.07) is 10.7. The summed E-state index contributed by atoms with van der Waals surface area (Å²) < 4.78 is 68.8. The molecular weight excluding hydrogens is 405 g/mol. The number of primary sulfonamides is 1. The van der Waals surface area contributed by atoms with Crippen LogP contribution in [0.4, 0.5) is 18.9 Å². The number of sulfonamides is 1. The van der Waals surface area contributed by atoms with Gasteiger partial charge in [-0.05, 0) is 43.2 Å². The number of alkyl halides is 3. The largest absolute Gasteiger partial charge is 0.493 e. The van der Waals surface area contributed by atoms with E-state index in [0.29, 0.717) is 26.1 Å². The molecule has 0 radical (unpaired) electrons. The first-order valence-electron chi connectivity index (χ1n) is 9.01. The van der Waals surface area contributed by atoms with E-state index in [1.165, 1.54) is 6.07 Å². The number of nitrogens with two attached hydrogens (primary N) is 1. The molecule has 0 saturated carbocycles. The Labute approximate surface area is 167 Å². The summed E-state index contributed by atoms with van der Waals surface area (Å²) in [7, 11) is -4.48. The highest BCUT2D eigenvalue weighted by Gasteiger charge is 2.37. The summed E-state index contributed by atoms with van der Waals surface area (Å²) in [4.78, 5) is 0.835. The van der Waals surface area contributed by atoms with Crippen LogP contribution in [0.15, 0.2) is 53.4 Å². The van der Waals surface area contributed by atoms with Crippen molar-refractivity contribution < 1.29 is 26.3 Å². The summed E-state index contributed by atoms with van der Waals surface area (Å²) in [5, 5.41) is 4.94. The van der Waals surface area contributed by atoms with Crippen LogP contribution in [0.1, 0.15) is 24.5 Å². The van der Waals surface area contributed by atoms with Crippen LogP contribution in [0.2, 0.25) is 0 Å². The van der Waals surface area contributed by atoms with Gasteiger partial charge in [0.2, 0.25) is 10.0 Å². The summed E-state index contributed by atoms with van der Waals surface area (Å²) in [5.41, 5.74) is 1.06. The predicted octanol–water partition coefficient (Wildman–Crippen LogP) is 4.05. The average molecular weight is 426 g/mol. The zero-order chi connectivity index (χ0) is 21.2. The standard InChI is InChI=1S/C20H21F3N2O3S/c1-2-28-18-6-4-3-5-16(18)14-9-11-25(12-10-14)15-7-8-19(29(24,26)27)17(13-15)20(21,22)23/h3-9,13H,2,10-12H2,1H3,(H2,24,26,27). The van der Waals surface area contributed by atoms with Crippen molar-refractivity contribution >= 4 is 21.3 Å². The van der Waals surface area contributed by atoms with E-state index in [4.69, 9.17) is 9.88 Å². The van der Waals surface area contributed by atoms with E-state index < -0.39 is 26.7 Å². The van der Waals surface area contributed by atoms with Gasteiger partial charge in [0.25, 0.3) is 0 Å². The van der Waals surface area contributed by atoms with E-state index in [1.54, 1.807) is 4.90 Å². The molecule has 1 heterocycles. The van der Waals surface area contributed by atoms with Gasteiger partial charge in [0.05, 0.1) is 17.1 Å². The molecule has 0 amide bonds. The summed E-state index contributed by atoms with van der Waals surface area (Å²) in [6.07, 6.45) is -2.27. The number of hydrogen-bond acceptors (Lipinski definition) is 4. The fraction of sp³-hybridized carbons (Fsp3) is 0.300. The minimum atomic E-state index is -4.83. The molecule has 0 bridgehead atoms. The Balaban J connectivity index is 1.90. The van der Waals surface area contributed by atoms with Gasteiger partial charge in [-0.1, -0.05) is 24.3 Å². The fourth-order valence-corrected chi connectivity index (χ4v) is 4.08. The van der Waals surface area contributed by atoms with Crippen molar-refractivity contribution in [1.82, 2.24) is 0 Å². The lowest BCUT2D eigenvalue weighted by molar-refractivity contribution is -0.139. The van der Waals surface area contributed by atoms with Gasteiger partial charge in [0.15, 0.2) is 0 Å². The van der Waals surface area contributed by atoms with E-state index in [2.05, 4.69) is 0 Å². The van der Waals surface area contributed by atoms with Crippen LogP contribution in [0, 0.1) is 0 Å². The molecule has 2 N–H and O–H groups in total. The highest BCUT2D eigenvalue weighted by atomic mass is 32.2. The quantitative estimate of drug-likeness (QED) is 0.783. The van der Waals surface area contributed by atoms with Crippen LogP contribution in [0.25, 0.3) is 5.57 Å². The molecule has 0 spiro atoms. The van der Waals surface area contributed by atoms with Crippen molar-refractivity contribution in [2.24, 2.45) is 5.14 Å². The Bertz CT molecular complexity index is 1030. The monoisotopic (exact) mass is 426 g/mol. The van der Waals surface area contributed by atoms with Gasteiger partial charge < -0.3 is 9.64 Å². The predicted molar refractivity (Wildman–Crippen MR) is 105 cm³/mol. The van der Waals surface area contributed by atoms with Crippen molar-refractivity contribution in [2.75, 3.05) is 24.6 Å². The summed E-state index contributed by atoms with van der Waals surface area (Å²) >= 11 is 0. The van der Waals surface area contributed by atoms with Crippen molar-refractivity contribution in [2.45, 2.75) is 24.4 Å². The smallest absolute Gasteiger partial charge is 0.417 e. The molecule has 0 unspecified atom stereocenters. The van der Waals surface area contributed by atoms with Gasteiger partial charge >= 0.3 is 6.18 Å². The molecule has 5 nitrogen and oxygen atoms in total. The van der Waals surface area contributed by atoms with Gasteiger partial charge in [0.1, 0.15) is 5.75 Å². The average Bonchev–Trinajstić information content (AvgIpc) is 2.67. The third kappa shape index (κ3) is 4.73. The topological polar surface area (TPSA) is 72.6 Å². The Morgan fingerprint density at radius 1 is 1.17 bits per heavy atom. The Hall–Kier alpha value is -2.52. The molecule has 0 aliphatic carbocycles.